The van der Waals surface area contributed by atoms with Gasteiger partial charge in [-0.25, -0.2) is 0 Å². The van der Waals surface area contributed by atoms with Crippen LogP contribution in [0.15, 0.2) is 24.3 Å². The van der Waals surface area contributed by atoms with Crippen LogP contribution in [0.25, 0.3) is 0 Å². The lowest BCUT2D eigenvalue weighted by molar-refractivity contribution is -0.125. The van der Waals surface area contributed by atoms with Crippen LogP contribution in [0.5, 0.6) is 0 Å². The van der Waals surface area contributed by atoms with Crippen LogP contribution in [0.3, 0.4) is 0 Å². The normalized spacial score (nSPS) is 17.8. The fraction of sp³-hybridized carbons (Fsp3) is 0.533. The summed E-state index contributed by atoms with van der Waals surface area (Å²) in [5.74, 6) is 0.673. The van der Waals surface area contributed by atoms with Crippen molar-refractivity contribution in [1.82, 2.24) is 10.6 Å². The lowest BCUT2D eigenvalue weighted by Gasteiger charge is -2.21. The highest BCUT2D eigenvalue weighted by atomic mass is 35.5. The van der Waals surface area contributed by atoms with Crippen molar-refractivity contribution < 1.29 is 4.79 Å². The molecule has 1 amide bonds. The monoisotopic (exact) mass is 280 g/mol. The number of hydrogen-bond acceptors (Lipinski definition) is 2. The molecular weight excluding hydrogens is 260 g/mol. The number of carbonyl (C=O) groups excluding carboxylic acids is 1. The maximum Gasteiger partial charge on any atom is 0.224 e. The quantitative estimate of drug-likeness (QED) is 0.841. The van der Waals surface area contributed by atoms with E-state index in [1.165, 1.54) is 12.8 Å². The Hall–Kier alpha value is -1.06. The summed E-state index contributed by atoms with van der Waals surface area (Å²) < 4.78 is 0. The van der Waals surface area contributed by atoms with Crippen LogP contribution in [0, 0.1) is 11.8 Å². The standard InChI is InChI=1S/C15H21ClN2O/c1-10(9-17-2)15(19)18-14(11-3-4-11)12-5-7-13(16)8-6-12/h5-8,10-11,14,17H,3-4,9H2,1-2H3,(H,18,19). The Morgan fingerprint density at radius 2 is 2.00 bits per heavy atom. The van der Waals surface area contributed by atoms with Gasteiger partial charge in [-0.05, 0) is 43.5 Å². The van der Waals surface area contributed by atoms with E-state index in [0.717, 1.165) is 10.6 Å². The van der Waals surface area contributed by atoms with Gasteiger partial charge in [-0.1, -0.05) is 30.7 Å². The molecule has 0 aromatic heterocycles. The van der Waals surface area contributed by atoms with Crippen LogP contribution in [-0.4, -0.2) is 19.5 Å². The fourth-order valence-corrected chi connectivity index (χ4v) is 2.39. The summed E-state index contributed by atoms with van der Waals surface area (Å²) in [7, 11) is 1.86. The summed E-state index contributed by atoms with van der Waals surface area (Å²) in [4.78, 5) is 12.1. The van der Waals surface area contributed by atoms with E-state index in [-0.39, 0.29) is 17.9 Å². The summed E-state index contributed by atoms with van der Waals surface area (Å²) in [6, 6.07) is 7.91. The van der Waals surface area contributed by atoms with E-state index in [0.29, 0.717) is 12.5 Å². The van der Waals surface area contributed by atoms with Gasteiger partial charge in [0.1, 0.15) is 0 Å². The first-order chi connectivity index (χ1) is 9.11. The van der Waals surface area contributed by atoms with Gasteiger partial charge in [0.15, 0.2) is 0 Å². The van der Waals surface area contributed by atoms with Gasteiger partial charge in [0.05, 0.1) is 6.04 Å². The number of halogens is 1. The summed E-state index contributed by atoms with van der Waals surface area (Å²) >= 11 is 5.91. The highest BCUT2D eigenvalue weighted by Gasteiger charge is 2.34. The zero-order valence-electron chi connectivity index (χ0n) is 11.4. The van der Waals surface area contributed by atoms with E-state index in [4.69, 9.17) is 11.6 Å². The molecule has 0 heterocycles. The van der Waals surface area contributed by atoms with Crippen molar-refractivity contribution in [3.63, 3.8) is 0 Å². The number of amides is 1. The second kappa shape index (κ2) is 6.40. The van der Waals surface area contributed by atoms with Gasteiger partial charge in [0, 0.05) is 17.5 Å². The number of benzene rings is 1. The van der Waals surface area contributed by atoms with E-state index >= 15 is 0 Å². The molecule has 19 heavy (non-hydrogen) atoms. The largest absolute Gasteiger partial charge is 0.349 e. The van der Waals surface area contributed by atoms with Crippen molar-refractivity contribution in [3.05, 3.63) is 34.9 Å². The van der Waals surface area contributed by atoms with Crippen LogP contribution in [-0.2, 0) is 4.79 Å². The lowest BCUT2D eigenvalue weighted by atomic mass is 10.0. The number of nitrogens with one attached hydrogen (secondary N) is 2. The molecule has 2 rings (SSSR count). The molecule has 0 spiro atoms. The topological polar surface area (TPSA) is 41.1 Å². The summed E-state index contributed by atoms with van der Waals surface area (Å²) in [5.41, 5.74) is 1.15. The molecule has 0 radical (unpaired) electrons. The van der Waals surface area contributed by atoms with Gasteiger partial charge in [-0.15, -0.1) is 0 Å². The number of rotatable bonds is 6. The molecule has 1 saturated carbocycles. The van der Waals surface area contributed by atoms with Crippen molar-refractivity contribution in [3.8, 4) is 0 Å². The second-order valence-electron chi connectivity index (χ2n) is 5.33. The molecule has 1 aliphatic carbocycles. The Kier molecular flexibility index (Phi) is 4.83. The van der Waals surface area contributed by atoms with Crippen LogP contribution < -0.4 is 10.6 Å². The van der Waals surface area contributed by atoms with E-state index in [2.05, 4.69) is 10.6 Å². The Bertz CT molecular complexity index is 428. The first kappa shape index (κ1) is 14.4. The van der Waals surface area contributed by atoms with E-state index in [1.54, 1.807) is 0 Å². The van der Waals surface area contributed by atoms with Gasteiger partial charge < -0.3 is 10.6 Å². The fourth-order valence-electron chi connectivity index (χ4n) is 2.27. The van der Waals surface area contributed by atoms with E-state index < -0.39 is 0 Å². The van der Waals surface area contributed by atoms with Crippen molar-refractivity contribution in [2.45, 2.75) is 25.8 Å². The molecule has 1 aliphatic rings. The average molecular weight is 281 g/mol. The van der Waals surface area contributed by atoms with Gasteiger partial charge in [0.2, 0.25) is 5.91 Å². The highest BCUT2D eigenvalue weighted by Crippen LogP contribution is 2.41. The van der Waals surface area contributed by atoms with Crippen LogP contribution in [0.1, 0.15) is 31.4 Å². The van der Waals surface area contributed by atoms with Crippen LogP contribution in [0.2, 0.25) is 5.02 Å². The Morgan fingerprint density at radius 3 is 2.53 bits per heavy atom. The minimum atomic E-state index is -0.0152. The first-order valence-electron chi connectivity index (χ1n) is 6.82. The van der Waals surface area contributed by atoms with Gasteiger partial charge in [-0.2, -0.15) is 0 Å². The molecule has 0 aliphatic heterocycles. The second-order valence-corrected chi connectivity index (χ2v) is 5.77. The SMILES string of the molecule is CNCC(C)C(=O)NC(c1ccc(Cl)cc1)C1CC1. The molecule has 0 saturated heterocycles. The molecule has 1 fully saturated rings. The summed E-state index contributed by atoms with van der Waals surface area (Å²) in [5, 5.41) is 6.94. The lowest BCUT2D eigenvalue weighted by Crippen LogP contribution is -2.37. The third-order valence-corrected chi connectivity index (χ3v) is 3.83. The van der Waals surface area contributed by atoms with E-state index in [9.17, 15) is 4.79 Å². The van der Waals surface area contributed by atoms with Crippen molar-refractivity contribution in [2.24, 2.45) is 11.8 Å². The molecule has 2 unspecified atom stereocenters. The Balaban J connectivity index is 2.04. The predicted molar refractivity (Wildman–Crippen MR) is 78.2 cm³/mol. The summed E-state index contributed by atoms with van der Waals surface area (Å²) in [6.07, 6.45) is 2.38. The number of hydrogen-bond donors (Lipinski definition) is 2. The summed E-state index contributed by atoms with van der Waals surface area (Å²) in [6.45, 7) is 2.64. The molecule has 3 nitrogen and oxygen atoms in total. The Morgan fingerprint density at radius 1 is 1.37 bits per heavy atom. The van der Waals surface area contributed by atoms with Crippen molar-refractivity contribution in [1.29, 1.82) is 0 Å². The zero-order chi connectivity index (χ0) is 13.8. The van der Waals surface area contributed by atoms with Crippen molar-refractivity contribution in [2.75, 3.05) is 13.6 Å². The third kappa shape index (κ3) is 3.95. The molecule has 1 aromatic rings. The first-order valence-corrected chi connectivity index (χ1v) is 7.20. The van der Waals surface area contributed by atoms with Crippen LogP contribution >= 0.6 is 11.6 Å². The van der Waals surface area contributed by atoms with Gasteiger partial charge >= 0.3 is 0 Å². The molecule has 4 heteroatoms. The van der Waals surface area contributed by atoms with Gasteiger partial charge in [-0.3, -0.25) is 4.79 Å². The van der Waals surface area contributed by atoms with Gasteiger partial charge in [0.25, 0.3) is 0 Å². The van der Waals surface area contributed by atoms with Crippen LogP contribution in [0.4, 0.5) is 0 Å². The average Bonchev–Trinajstić information content (AvgIpc) is 3.21. The predicted octanol–water partition coefficient (Wildman–Crippen LogP) is 2.76. The minimum absolute atomic E-state index is 0.0152. The number of carbonyl (C=O) groups is 1. The zero-order valence-corrected chi connectivity index (χ0v) is 12.2. The molecule has 2 atom stereocenters. The smallest absolute Gasteiger partial charge is 0.224 e. The van der Waals surface area contributed by atoms with Crippen molar-refractivity contribution >= 4 is 17.5 Å². The third-order valence-electron chi connectivity index (χ3n) is 3.58. The molecule has 2 N–H and O–H groups in total. The molecule has 0 bridgehead atoms. The Labute approximate surface area is 119 Å². The molecule has 104 valence electrons. The minimum Gasteiger partial charge on any atom is -0.349 e. The highest BCUT2D eigenvalue weighted by molar-refractivity contribution is 6.30. The van der Waals surface area contributed by atoms with E-state index in [1.807, 2.05) is 38.2 Å². The maximum atomic E-state index is 12.1. The maximum absolute atomic E-state index is 12.1. The molecule has 1 aromatic carbocycles. The molecular formula is C15H21ClN2O.